The van der Waals surface area contributed by atoms with Gasteiger partial charge in [0, 0.05) is 6.61 Å². The van der Waals surface area contributed by atoms with E-state index in [0.717, 1.165) is 12.8 Å². The van der Waals surface area contributed by atoms with E-state index in [1.165, 1.54) is 51.4 Å². The third-order valence-electron chi connectivity index (χ3n) is 4.07. The van der Waals surface area contributed by atoms with Crippen LogP contribution in [0, 0.1) is 0 Å². The highest BCUT2D eigenvalue weighted by atomic mass is 35.5. The van der Waals surface area contributed by atoms with Gasteiger partial charge < -0.3 is 14.6 Å². The minimum atomic E-state index is -0.864. The lowest BCUT2D eigenvalue weighted by Crippen LogP contribution is -2.34. The first-order chi connectivity index (χ1) is 12.2. The van der Waals surface area contributed by atoms with Crippen molar-refractivity contribution in [2.75, 3.05) is 19.1 Å². The number of hydrogen-bond donors (Lipinski definition) is 1. The van der Waals surface area contributed by atoms with E-state index in [4.69, 9.17) is 21.1 Å². The van der Waals surface area contributed by atoms with Gasteiger partial charge in [-0.05, 0) is 19.8 Å². The Kier molecular flexibility index (Phi) is 17.8. The number of esters is 1. The van der Waals surface area contributed by atoms with Gasteiger partial charge >= 0.3 is 5.97 Å². The molecule has 5 heteroatoms. The molecule has 0 fully saturated rings. The number of unbranched alkanes of at least 4 members (excludes halogenated alkanes) is 9. The van der Waals surface area contributed by atoms with E-state index in [0.29, 0.717) is 6.61 Å². The second-order valence-corrected chi connectivity index (χ2v) is 6.62. The summed E-state index contributed by atoms with van der Waals surface area (Å²) in [5.74, 6) is -0.768. The van der Waals surface area contributed by atoms with Crippen molar-refractivity contribution in [3.05, 3.63) is 12.2 Å². The maximum absolute atomic E-state index is 11.3. The number of aliphatic hydroxyl groups is 1. The lowest BCUT2D eigenvalue weighted by molar-refractivity contribution is -0.154. The molecule has 0 saturated heterocycles. The van der Waals surface area contributed by atoms with E-state index in [9.17, 15) is 9.90 Å². The second-order valence-electron chi connectivity index (χ2n) is 6.36. The van der Waals surface area contributed by atoms with E-state index in [2.05, 4.69) is 6.92 Å². The van der Waals surface area contributed by atoms with Crippen molar-refractivity contribution in [3.8, 4) is 0 Å². The Labute approximate surface area is 158 Å². The first-order valence-corrected chi connectivity index (χ1v) is 10.4. The molecule has 0 aliphatic rings. The van der Waals surface area contributed by atoms with Crippen molar-refractivity contribution in [1.82, 2.24) is 0 Å². The summed E-state index contributed by atoms with van der Waals surface area (Å²) in [6, 6.07) is 0. The first-order valence-electron chi connectivity index (χ1n) is 9.83. The lowest BCUT2D eigenvalue weighted by atomic mass is 10.1. The highest BCUT2D eigenvalue weighted by Crippen LogP contribution is 2.11. The molecule has 0 heterocycles. The summed E-state index contributed by atoms with van der Waals surface area (Å²) >= 11 is 5.44. The highest BCUT2D eigenvalue weighted by molar-refractivity contribution is 6.26. The third kappa shape index (κ3) is 15.4. The summed E-state index contributed by atoms with van der Waals surface area (Å²) in [4.78, 5) is 11.3. The Morgan fingerprint density at radius 1 is 1.04 bits per heavy atom. The number of hydrogen-bond acceptors (Lipinski definition) is 4. The van der Waals surface area contributed by atoms with Gasteiger partial charge in [0.25, 0.3) is 0 Å². The Morgan fingerprint density at radius 3 is 2.20 bits per heavy atom. The quantitative estimate of drug-likeness (QED) is 0.168. The molecule has 148 valence electrons. The number of allylic oxidation sites excluding steroid dienone is 1. The maximum Gasteiger partial charge on any atom is 0.321 e. The SMILES string of the molecule is CCCCCCCCCCC/C=C/C(O)C(COCC)OC(=O)CCl. The zero-order valence-corrected chi connectivity index (χ0v) is 16.8. The van der Waals surface area contributed by atoms with Crippen LogP contribution in [0.4, 0.5) is 0 Å². The number of carbonyl (C=O) groups excluding carboxylic acids is 1. The summed E-state index contributed by atoms with van der Waals surface area (Å²) in [7, 11) is 0. The van der Waals surface area contributed by atoms with Crippen molar-refractivity contribution < 1.29 is 19.4 Å². The molecule has 0 spiro atoms. The molecule has 0 radical (unpaired) electrons. The Balaban J connectivity index is 3.82. The van der Waals surface area contributed by atoms with E-state index in [1.54, 1.807) is 6.08 Å². The zero-order valence-electron chi connectivity index (χ0n) is 16.1. The molecule has 4 nitrogen and oxygen atoms in total. The van der Waals surface area contributed by atoms with Gasteiger partial charge in [-0.1, -0.05) is 70.4 Å². The Bertz CT molecular complexity index is 334. The molecule has 2 atom stereocenters. The molecule has 25 heavy (non-hydrogen) atoms. The average Bonchev–Trinajstić information content (AvgIpc) is 2.62. The van der Waals surface area contributed by atoms with Crippen molar-refractivity contribution in [2.24, 2.45) is 0 Å². The molecule has 0 aromatic carbocycles. The summed E-state index contributed by atoms with van der Waals surface area (Å²) in [5.41, 5.74) is 0. The zero-order chi connectivity index (χ0) is 18.8. The molecule has 0 aliphatic heterocycles. The fraction of sp³-hybridized carbons (Fsp3) is 0.850. The molecule has 0 aromatic rings. The van der Waals surface area contributed by atoms with Gasteiger partial charge in [-0.3, -0.25) is 4.79 Å². The third-order valence-corrected chi connectivity index (χ3v) is 4.28. The first kappa shape index (κ1) is 24.4. The van der Waals surface area contributed by atoms with Gasteiger partial charge in [-0.25, -0.2) is 0 Å². The second kappa shape index (κ2) is 18.2. The largest absolute Gasteiger partial charge is 0.456 e. The molecule has 0 amide bonds. The normalized spacial score (nSPS) is 13.9. The Hall–Kier alpha value is -0.580. The molecule has 0 rings (SSSR count). The van der Waals surface area contributed by atoms with Gasteiger partial charge in [0.1, 0.15) is 12.0 Å². The van der Waals surface area contributed by atoms with Gasteiger partial charge in [0.05, 0.1) is 6.61 Å². The van der Waals surface area contributed by atoms with E-state index < -0.39 is 18.2 Å². The molecule has 1 N–H and O–H groups in total. The van der Waals surface area contributed by atoms with Crippen LogP contribution in [0.25, 0.3) is 0 Å². The number of ether oxygens (including phenoxy) is 2. The van der Waals surface area contributed by atoms with Crippen LogP contribution in [0.1, 0.15) is 78.1 Å². The molecule has 0 bridgehead atoms. The number of aliphatic hydroxyl groups excluding tert-OH is 1. The van der Waals surface area contributed by atoms with Crippen molar-refractivity contribution in [1.29, 1.82) is 0 Å². The summed E-state index contributed by atoms with van der Waals surface area (Å²) in [5, 5.41) is 10.1. The maximum atomic E-state index is 11.3. The summed E-state index contributed by atoms with van der Waals surface area (Å²) < 4.78 is 10.4. The van der Waals surface area contributed by atoms with E-state index in [1.807, 2.05) is 13.0 Å². The molecule has 0 aromatic heterocycles. The molecular weight excluding hydrogens is 340 g/mol. The minimum absolute atomic E-state index is 0.169. The minimum Gasteiger partial charge on any atom is -0.456 e. The van der Waals surface area contributed by atoms with Gasteiger partial charge in [-0.15, -0.1) is 11.6 Å². The lowest BCUT2D eigenvalue weighted by Gasteiger charge is -2.20. The average molecular weight is 377 g/mol. The molecule has 0 aliphatic carbocycles. The summed E-state index contributed by atoms with van der Waals surface area (Å²) in [6.07, 6.45) is 14.7. The van der Waals surface area contributed by atoms with Crippen LogP contribution < -0.4 is 0 Å². The van der Waals surface area contributed by atoms with Crippen molar-refractivity contribution in [3.63, 3.8) is 0 Å². The van der Waals surface area contributed by atoms with Crippen molar-refractivity contribution in [2.45, 2.75) is 90.3 Å². The van der Waals surface area contributed by atoms with Gasteiger partial charge in [-0.2, -0.15) is 0 Å². The van der Waals surface area contributed by atoms with E-state index >= 15 is 0 Å². The molecule has 0 saturated carbocycles. The molecule has 2 unspecified atom stereocenters. The highest BCUT2D eigenvalue weighted by Gasteiger charge is 2.21. The smallest absolute Gasteiger partial charge is 0.321 e. The summed E-state index contributed by atoms with van der Waals surface area (Å²) in [6.45, 7) is 4.77. The van der Waals surface area contributed by atoms with E-state index in [-0.39, 0.29) is 12.5 Å². The fourth-order valence-electron chi connectivity index (χ4n) is 2.57. The Morgan fingerprint density at radius 2 is 1.64 bits per heavy atom. The van der Waals surface area contributed by atoms with Crippen LogP contribution in [0.2, 0.25) is 0 Å². The monoisotopic (exact) mass is 376 g/mol. The van der Waals surface area contributed by atoms with Crippen LogP contribution in [0.15, 0.2) is 12.2 Å². The topological polar surface area (TPSA) is 55.8 Å². The number of carbonyl (C=O) groups is 1. The number of rotatable bonds is 17. The number of halogens is 1. The van der Waals surface area contributed by atoms with Crippen molar-refractivity contribution >= 4 is 17.6 Å². The fourth-order valence-corrected chi connectivity index (χ4v) is 2.63. The van der Waals surface area contributed by atoms with Crippen LogP contribution in [-0.4, -0.2) is 42.4 Å². The standard InChI is InChI=1S/C20H37ClO4/c1-3-5-6-7-8-9-10-11-12-13-14-15-18(22)19(17-24-4-2)25-20(23)16-21/h14-15,18-19,22H,3-13,16-17H2,1-2H3/b15-14+. The van der Waals surface area contributed by atoms with Crippen LogP contribution in [0.3, 0.4) is 0 Å². The van der Waals surface area contributed by atoms with Crippen LogP contribution in [0.5, 0.6) is 0 Å². The molecular formula is C20H37ClO4. The predicted octanol–water partition coefficient (Wildman–Crippen LogP) is 5.01. The number of alkyl halides is 1. The van der Waals surface area contributed by atoms with Crippen LogP contribution in [-0.2, 0) is 14.3 Å². The van der Waals surface area contributed by atoms with Gasteiger partial charge in [0.15, 0.2) is 6.10 Å². The predicted molar refractivity (Wildman–Crippen MR) is 104 cm³/mol. The van der Waals surface area contributed by atoms with Crippen LogP contribution >= 0.6 is 11.6 Å². The van der Waals surface area contributed by atoms with Gasteiger partial charge in [0.2, 0.25) is 0 Å².